The van der Waals surface area contributed by atoms with Crippen LogP contribution in [0.1, 0.15) is 54.8 Å². The number of aromatic nitrogens is 2. The van der Waals surface area contributed by atoms with Crippen LogP contribution in [0, 0.1) is 13.8 Å². The SMILES string of the molecule is CCOC(=O)C1=C(C)N=c2s/c(=C\c3c(C)n(Cc4cccc(C)c4)c4ccccc34)c(=O)n2[C@@H]1c1ccccc1OCC. The summed E-state index contributed by atoms with van der Waals surface area (Å²) in [5, 5.41) is 1.07. The summed E-state index contributed by atoms with van der Waals surface area (Å²) in [7, 11) is 0. The van der Waals surface area contributed by atoms with Gasteiger partial charge in [-0.05, 0) is 58.4 Å². The zero-order valence-corrected chi connectivity index (χ0v) is 26.4. The van der Waals surface area contributed by atoms with E-state index in [-0.39, 0.29) is 12.2 Å². The number of carbonyl (C=O) groups is 1. The highest BCUT2D eigenvalue weighted by Crippen LogP contribution is 2.36. The molecule has 0 saturated carbocycles. The molecule has 44 heavy (non-hydrogen) atoms. The van der Waals surface area contributed by atoms with Crippen LogP contribution in [0.25, 0.3) is 17.0 Å². The van der Waals surface area contributed by atoms with Gasteiger partial charge in [-0.1, -0.05) is 77.6 Å². The minimum Gasteiger partial charge on any atom is -0.494 e. The van der Waals surface area contributed by atoms with E-state index in [0.717, 1.165) is 28.7 Å². The summed E-state index contributed by atoms with van der Waals surface area (Å²) < 4.78 is 15.9. The molecule has 0 fully saturated rings. The fourth-order valence-corrected chi connectivity index (χ4v) is 7.08. The van der Waals surface area contributed by atoms with Crippen LogP contribution in [0.2, 0.25) is 0 Å². The monoisotopic (exact) mass is 605 g/mol. The van der Waals surface area contributed by atoms with Crippen LogP contribution in [0.5, 0.6) is 5.75 Å². The minimum absolute atomic E-state index is 0.214. The van der Waals surface area contributed by atoms with Gasteiger partial charge in [0, 0.05) is 34.3 Å². The second kappa shape index (κ2) is 12.1. The van der Waals surface area contributed by atoms with Crippen molar-refractivity contribution in [3.63, 3.8) is 0 Å². The average Bonchev–Trinajstić information content (AvgIpc) is 3.45. The van der Waals surface area contributed by atoms with Crippen molar-refractivity contribution < 1.29 is 14.3 Å². The van der Waals surface area contributed by atoms with Gasteiger partial charge in [0.1, 0.15) is 11.8 Å². The number of nitrogens with zero attached hydrogens (tertiary/aromatic N) is 3. The Bertz CT molecular complexity index is 2110. The number of para-hydroxylation sites is 2. The number of allylic oxidation sites excluding steroid dienone is 1. The summed E-state index contributed by atoms with van der Waals surface area (Å²) in [6, 6.07) is 23.6. The quantitative estimate of drug-likeness (QED) is 0.209. The van der Waals surface area contributed by atoms with Gasteiger partial charge in [-0.3, -0.25) is 9.36 Å². The van der Waals surface area contributed by atoms with E-state index in [9.17, 15) is 9.59 Å². The normalized spacial score (nSPS) is 14.9. The van der Waals surface area contributed by atoms with Crippen molar-refractivity contribution in [1.82, 2.24) is 9.13 Å². The zero-order chi connectivity index (χ0) is 31.0. The van der Waals surface area contributed by atoms with Gasteiger partial charge in [-0.2, -0.15) is 0 Å². The molecule has 1 aliphatic heterocycles. The van der Waals surface area contributed by atoms with Crippen LogP contribution < -0.4 is 19.6 Å². The molecule has 1 aliphatic rings. The van der Waals surface area contributed by atoms with E-state index in [1.54, 1.807) is 18.4 Å². The van der Waals surface area contributed by atoms with Crippen LogP contribution in [0.4, 0.5) is 0 Å². The predicted octanol–water partition coefficient (Wildman–Crippen LogP) is 5.82. The molecule has 224 valence electrons. The first kappa shape index (κ1) is 29.4. The summed E-state index contributed by atoms with van der Waals surface area (Å²) in [5.74, 6) is 0.121. The Morgan fingerprint density at radius 2 is 1.75 bits per heavy atom. The lowest BCUT2D eigenvalue weighted by atomic mass is 9.95. The fourth-order valence-electron chi connectivity index (χ4n) is 6.05. The lowest BCUT2D eigenvalue weighted by Gasteiger charge is -2.26. The summed E-state index contributed by atoms with van der Waals surface area (Å²) in [6.07, 6.45) is 1.98. The van der Waals surface area contributed by atoms with Gasteiger partial charge in [0.2, 0.25) is 0 Å². The Morgan fingerprint density at radius 1 is 0.977 bits per heavy atom. The summed E-state index contributed by atoms with van der Waals surface area (Å²) in [5.41, 5.74) is 6.97. The molecule has 5 aromatic rings. The number of aryl methyl sites for hydroxylation is 1. The molecule has 3 aromatic carbocycles. The van der Waals surface area contributed by atoms with Crippen LogP contribution in [0.3, 0.4) is 0 Å². The summed E-state index contributed by atoms with van der Waals surface area (Å²) in [6.45, 7) is 11.1. The minimum atomic E-state index is -0.737. The number of hydrogen-bond acceptors (Lipinski definition) is 6. The number of hydrogen-bond donors (Lipinski definition) is 0. The number of benzene rings is 3. The number of fused-ring (bicyclic) bond motifs is 2. The molecule has 8 heteroatoms. The zero-order valence-electron chi connectivity index (χ0n) is 25.6. The number of esters is 1. The third kappa shape index (κ3) is 5.19. The van der Waals surface area contributed by atoms with Gasteiger partial charge in [-0.25, -0.2) is 9.79 Å². The Labute approximate surface area is 260 Å². The van der Waals surface area contributed by atoms with Crippen molar-refractivity contribution in [3.8, 4) is 5.75 Å². The lowest BCUT2D eigenvalue weighted by molar-refractivity contribution is -0.139. The largest absolute Gasteiger partial charge is 0.494 e. The van der Waals surface area contributed by atoms with Crippen molar-refractivity contribution in [3.05, 3.63) is 132 Å². The molecule has 1 atom stereocenters. The number of thiazole rings is 1. The molecular formula is C36H35N3O4S. The van der Waals surface area contributed by atoms with Crippen molar-refractivity contribution in [1.29, 1.82) is 0 Å². The van der Waals surface area contributed by atoms with E-state index in [2.05, 4.69) is 54.8 Å². The molecule has 0 saturated heterocycles. The van der Waals surface area contributed by atoms with Crippen LogP contribution in [0.15, 0.2) is 93.9 Å². The van der Waals surface area contributed by atoms with Crippen LogP contribution in [-0.4, -0.2) is 28.3 Å². The number of ether oxygens (including phenoxy) is 2. The highest BCUT2D eigenvalue weighted by Gasteiger charge is 2.35. The highest BCUT2D eigenvalue weighted by molar-refractivity contribution is 7.07. The van der Waals surface area contributed by atoms with Crippen molar-refractivity contribution >= 4 is 34.3 Å². The Kier molecular flexibility index (Phi) is 8.10. The second-order valence-corrected chi connectivity index (χ2v) is 11.9. The molecule has 7 nitrogen and oxygen atoms in total. The van der Waals surface area contributed by atoms with Gasteiger partial charge >= 0.3 is 5.97 Å². The van der Waals surface area contributed by atoms with E-state index in [0.29, 0.717) is 38.5 Å². The van der Waals surface area contributed by atoms with Crippen molar-refractivity contribution in [2.24, 2.45) is 4.99 Å². The third-order valence-corrected chi connectivity index (χ3v) is 8.99. The maximum absolute atomic E-state index is 14.3. The Hall–Kier alpha value is -4.69. The molecule has 0 amide bonds. The number of rotatable bonds is 8. The maximum atomic E-state index is 14.3. The molecule has 0 unspecified atom stereocenters. The maximum Gasteiger partial charge on any atom is 0.338 e. The van der Waals surface area contributed by atoms with E-state index in [1.165, 1.54) is 22.5 Å². The van der Waals surface area contributed by atoms with Crippen molar-refractivity contribution in [2.75, 3.05) is 13.2 Å². The topological polar surface area (TPSA) is 74.8 Å². The molecule has 3 heterocycles. The first-order valence-electron chi connectivity index (χ1n) is 14.9. The molecular weight excluding hydrogens is 570 g/mol. The van der Waals surface area contributed by atoms with E-state index < -0.39 is 12.0 Å². The van der Waals surface area contributed by atoms with Crippen LogP contribution >= 0.6 is 11.3 Å². The summed E-state index contributed by atoms with van der Waals surface area (Å²) >= 11 is 1.33. The van der Waals surface area contributed by atoms with Gasteiger partial charge in [0.05, 0.1) is 29.0 Å². The smallest absolute Gasteiger partial charge is 0.338 e. The molecule has 6 rings (SSSR count). The average molecular weight is 606 g/mol. The van der Waals surface area contributed by atoms with Gasteiger partial charge < -0.3 is 14.0 Å². The molecule has 0 radical (unpaired) electrons. The van der Waals surface area contributed by atoms with Gasteiger partial charge in [0.15, 0.2) is 4.80 Å². The molecule has 2 aromatic heterocycles. The van der Waals surface area contributed by atoms with E-state index in [1.807, 2.05) is 49.4 Å². The molecule has 0 bridgehead atoms. The first-order chi connectivity index (χ1) is 21.3. The predicted molar refractivity (Wildman–Crippen MR) is 175 cm³/mol. The van der Waals surface area contributed by atoms with Crippen LogP contribution in [-0.2, 0) is 16.1 Å². The Morgan fingerprint density at radius 3 is 2.52 bits per heavy atom. The van der Waals surface area contributed by atoms with E-state index in [4.69, 9.17) is 14.5 Å². The summed E-state index contributed by atoms with van der Waals surface area (Å²) in [4.78, 5) is 33.0. The fraction of sp³-hybridized carbons (Fsp3) is 0.250. The number of carbonyl (C=O) groups excluding carboxylic acids is 1. The second-order valence-electron chi connectivity index (χ2n) is 10.9. The Balaban J connectivity index is 1.56. The third-order valence-electron chi connectivity index (χ3n) is 8.01. The molecule has 0 N–H and O–H groups in total. The first-order valence-corrected chi connectivity index (χ1v) is 15.7. The molecule has 0 aliphatic carbocycles. The highest BCUT2D eigenvalue weighted by atomic mass is 32.1. The standard InChI is InChI=1S/C36H35N3O4S/c1-6-42-30-18-11-9-16-27(30)33-32(35(41)43-7-2)23(4)37-36-39(33)34(40)31(44-36)20-28-24(5)38(29-17-10-8-15-26(28)29)21-25-14-12-13-22(3)19-25/h8-20,33H,6-7,21H2,1-5H3/b31-20-/t33-/m1/s1. The molecule has 0 spiro atoms. The van der Waals surface area contributed by atoms with Gasteiger partial charge in [-0.15, -0.1) is 0 Å². The van der Waals surface area contributed by atoms with E-state index >= 15 is 0 Å². The van der Waals surface area contributed by atoms with Gasteiger partial charge in [0.25, 0.3) is 5.56 Å². The lowest BCUT2D eigenvalue weighted by Crippen LogP contribution is -2.40. The van der Waals surface area contributed by atoms with Crippen molar-refractivity contribution in [2.45, 2.75) is 47.2 Å².